The predicted octanol–water partition coefficient (Wildman–Crippen LogP) is -1.82. The lowest BCUT2D eigenvalue weighted by molar-refractivity contribution is -0.301. The summed E-state index contributed by atoms with van der Waals surface area (Å²) in [5.41, 5.74) is 2.69. The maximum absolute atomic E-state index is 12.6. The van der Waals surface area contributed by atoms with Crippen molar-refractivity contribution in [2.45, 2.75) is 79.8 Å². The summed E-state index contributed by atoms with van der Waals surface area (Å²) >= 11 is 6.29. The SMILES string of the molecule is O=C1ON[C@@H]2CCCC[C@H]2NPOC(=O)C1(Cl)CCOC1O[C@H](CO)[C@H](O)[C@H](O)[C@H]1O. The predicted molar refractivity (Wildman–Crippen MR) is 106 cm³/mol. The van der Waals surface area contributed by atoms with Crippen molar-refractivity contribution in [3.63, 3.8) is 0 Å². The summed E-state index contributed by atoms with van der Waals surface area (Å²) in [4.78, 5) is 28.0. The van der Waals surface area contributed by atoms with E-state index in [1.165, 1.54) is 0 Å². The first kappa shape index (κ1) is 25.0. The van der Waals surface area contributed by atoms with Gasteiger partial charge in [-0.15, -0.1) is 5.48 Å². The number of hydrogen-bond donors (Lipinski definition) is 6. The van der Waals surface area contributed by atoms with E-state index < -0.39 is 63.1 Å². The maximum atomic E-state index is 12.6. The number of aliphatic hydroxyl groups excluding tert-OH is 4. The second kappa shape index (κ2) is 11.0. The standard InChI is InChI=1S/C17H28ClN2O10P/c18-17(5-6-27-14-13(24)12(23)11(22)10(7-21)28-14)15(25)29-19-8-3-1-2-4-9(8)20-31-30-16(17)26/h8-14,19-24,31H,1-7H2/t8-,9-,10-,11+,12+,13-,14?,17?/m1/s1. The number of carbonyl (C=O) groups excluding carboxylic acids is 2. The zero-order valence-electron chi connectivity index (χ0n) is 16.6. The van der Waals surface area contributed by atoms with Gasteiger partial charge in [0.05, 0.1) is 19.3 Å². The number of aliphatic hydroxyl groups is 4. The summed E-state index contributed by atoms with van der Waals surface area (Å²) in [6, 6.07) is -0.154. The summed E-state index contributed by atoms with van der Waals surface area (Å²) in [7, 11) is -0.401. The van der Waals surface area contributed by atoms with Gasteiger partial charge in [0, 0.05) is 12.5 Å². The highest BCUT2D eigenvalue weighted by Crippen LogP contribution is 2.31. The number of fused-ring (bicyclic) bond motifs is 1. The number of hydrogen-bond acceptors (Lipinski definition) is 12. The molecule has 12 nitrogen and oxygen atoms in total. The highest BCUT2D eigenvalue weighted by atomic mass is 35.5. The van der Waals surface area contributed by atoms with E-state index in [-0.39, 0.29) is 25.1 Å². The maximum Gasteiger partial charge on any atom is 0.357 e. The molecular formula is C17H28ClN2O10P. The van der Waals surface area contributed by atoms with E-state index in [1.807, 2.05) is 0 Å². The van der Waals surface area contributed by atoms with Gasteiger partial charge in [0.1, 0.15) is 24.4 Å². The Bertz CT molecular complexity index is 646. The Hall–Kier alpha value is -0.660. The quantitative estimate of drug-likeness (QED) is 0.146. The van der Waals surface area contributed by atoms with Crippen molar-refractivity contribution in [1.82, 2.24) is 10.6 Å². The van der Waals surface area contributed by atoms with Crippen LogP contribution in [0.3, 0.4) is 0 Å². The fraction of sp³-hybridized carbons (Fsp3) is 0.882. The van der Waals surface area contributed by atoms with Crippen LogP contribution in [-0.4, -0.2) is 93.2 Å². The van der Waals surface area contributed by atoms with Gasteiger partial charge >= 0.3 is 11.9 Å². The first-order valence-electron chi connectivity index (χ1n) is 10.1. The van der Waals surface area contributed by atoms with Crippen molar-refractivity contribution in [3.8, 4) is 0 Å². The van der Waals surface area contributed by atoms with Crippen LogP contribution in [0.2, 0.25) is 0 Å². The van der Waals surface area contributed by atoms with Gasteiger partial charge in [0.2, 0.25) is 4.87 Å². The van der Waals surface area contributed by atoms with Crippen LogP contribution in [0.25, 0.3) is 0 Å². The minimum absolute atomic E-state index is 0.00923. The smallest absolute Gasteiger partial charge is 0.357 e. The Morgan fingerprint density at radius 3 is 2.52 bits per heavy atom. The van der Waals surface area contributed by atoms with Gasteiger partial charge in [-0.05, 0) is 12.8 Å². The number of ether oxygens (including phenoxy) is 2. The van der Waals surface area contributed by atoms with Gasteiger partial charge in [0.25, 0.3) is 0 Å². The van der Waals surface area contributed by atoms with E-state index in [0.29, 0.717) is 0 Å². The van der Waals surface area contributed by atoms with E-state index in [0.717, 1.165) is 25.7 Å². The van der Waals surface area contributed by atoms with Crippen LogP contribution in [0.1, 0.15) is 32.1 Å². The molecule has 2 saturated heterocycles. The Balaban J connectivity index is 1.60. The summed E-state index contributed by atoms with van der Waals surface area (Å²) in [5.74, 6) is -2.06. The summed E-state index contributed by atoms with van der Waals surface area (Å²) in [6.07, 6.45) is -4.15. The van der Waals surface area contributed by atoms with E-state index in [4.69, 9.17) is 30.4 Å². The van der Waals surface area contributed by atoms with Gasteiger partial charge in [-0.2, -0.15) is 0 Å². The van der Waals surface area contributed by atoms with Crippen molar-refractivity contribution < 1.29 is 48.9 Å². The van der Waals surface area contributed by atoms with Gasteiger partial charge in [-0.25, -0.2) is 9.59 Å². The van der Waals surface area contributed by atoms with Crippen LogP contribution in [-0.2, 0) is 28.4 Å². The van der Waals surface area contributed by atoms with Crippen LogP contribution < -0.4 is 10.6 Å². The van der Waals surface area contributed by atoms with Crippen molar-refractivity contribution in [2.24, 2.45) is 0 Å². The highest BCUT2D eigenvalue weighted by Gasteiger charge is 2.50. The van der Waals surface area contributed by atoms with E-state index >= 15 is 0 Å². The number of alkyl halides is 1. The number of hydroxylamine groups is 1. The molecule has 0 aromatic heterocycles. The molecule has 3 unspecified atom stereocenters. The van der Waals surface area contributed by atoms with Crippen LogP contribution in [0.5, 0.6) is 0 Å². The second-order valence-corrected chi connectivity index (χ2v) is 9.10. The lowest BCUT2D eigenvalue weighted by Gasteiger charge is -2.39. The third kappa shape index (κ3) is 5.64. The number of nitrogens with one attached hydrogen (secondary N) is 2. The third-order valence-electron chi connectivity index (χ3n) is 5.68. The van der Waals surface area contributed by atoms with Crippen molar-refractivity contribution >= 4 is 32.5 Å². The van der Waals surface area contributed by atoms with Crippen molar-refractivity contribution in [3.05, 3.63) is 0 Å². The minimum Gasteiger partial charge on any atom is -0.430 e. The lowest BCUT2D eigenvalue weighted by atomic mass is 9.92. The Labute approximate surface area is 185 Å². The molecule has 2 heterocycles. The van der Waals surface area contributed by atoms with Gasteiger partial charge in [0.15, 0.2) is 15.2 Å². The summed E-state index contributed by atoms with van der Waals surface area (Å²) in [6.45, 7) is -0.982. The average Bonchev–Trinajstić information content (AvgIpc) is 2.77. The zero-order valence-corrected chi connectivity index (χ0v) is 18.4. The molecule has 1 saturated carbocycles. The number of rotatable bonds is 5. The molecule has 3 fully saturated rings. The molecule has 3 rings (SSSR count). The molecule has 0 radical (unpaired) electrons. The topological polar surface area (TPSA) is 176 Å². The molecule has 6 N–H and O–H groups in total. The highest BCUT2D eigenvalue weighted by molar-refractivity contribution is 7.30. The lowest BCUT2D eigenvalue weighted by Crippen LogP contribution is -2.59. The molecule has 0 aromatic carbocycles. The van der Waals surface area contributed by atoms with E-state index in [2.05, 4.69) is 10.6 Å². The van der Waals surface area contributed by atoms with Crippen LogP contribution in [0.15, 0.2) is 0 Å². The number of halogens is 1. The monoisotopic (exact) mass is 486 g/mol. The molecule has 178 valence electrons. The molecule has 14 heteroatoms. The fourth-order valence-corrected chi connectivity index (χ4v) is 4.74. The Kier molecular flexibility index (Phi) is 8.84. The second-order valence-electron chi connectivity index (χ2n) is 7.76. The minimum atomic E-state index is -2.21. The van der Waals surface area contributed by atoms with Crippen LogP contribution in [0.4, 0.5) is 0 Å². The van der Waals surface area contributed by atoms with Gasteiger partial charge < -0.3 is 39.3 Å². The van der Waals surface area contributed by atoms with Crippen LogP contribution >= 0.6 is 20.6 Å². The largest absolute Gasteiger partial charge is 0.430 e. The van der Waals surface area contributed by atoms with Crippen LogP contribution in [0, 0.1) is 0 Å². The first-order chi connectivity index (χ1) is 14.8. The molecule has 1 aliphatic carbocycles. The molecule has 0 bridgehead atoms. The molecular weight excluding hydrogens is 459 g/mol. The van der Waals surface area contributed by atoms with Gasteiger partial charge in [-0.1, -0.05) is 24.4 Å². The Morgan fingerprint density at radius 1 is 1.10 bits per heavy atom. The molecule has 0 amide bonds. The molecule has 2 aliphatic heterocycles. The number of carbonyl (C=O) groups is 2. The molecule has 3 aliphatic rings. The van der Waals surface area contributed by atoms with E-state index in [9.17, 15) is 30.0 Å². The van der Waals surface area contributed by atoms with E-state index in [1.54, 1.807) is 0 Å². The first-order valence-corrected chi connectivity index (χ1v) is 11.4. The molecule has 31 heavy (non-hydrogen) atoms. The summed E-state index contributed by atoms with van der Waals surface area (Å²) in [5, 5.41) is 42.0. The Morgan fingerprint density at radius 2 is 1.81 bits per heavy atom. The van der Waals surface area contributed by atoms with Crippen molar-refractivity contribution in [2.75, 3.05) is 13.2 Å². The summed E-state index contributed by atoms with van der Waals surface area (Å²) < 4.78 is 15.7. The average molecular weight is 487 g/mol. The van der Waals surface area contributed by atoms with Gasteiger partial charge in [-0.3, -0.25) is 5.09 Å². The molecule has 0 spiro atoms. The molecule has 0 aromatic rings. The normalized spacial score (nSPS) is 43.1. The molecule has 9 atom stereocenters. The fourth-order valence-electron chi connectivity index (χ4n) is 3.70. The zero-order chi connectivity index (χ0) is 22.6. The third-order valence-corrected chi connectivity index (χ3v) is 6.95. The van der Waals surface area contributed by atoms with Crippen molar-refractivity contribution in [1.29, 1.82) is 0 Å².